The number of ketones is 1. The smallest absolute Gasteiger partial charge is 0.303 e. The van der Waals surface area contributed by atoms with E-state index in [1.807, 2.05) is 0 Å². The van der Waals surface area contributed by atoms with Crippen LogP contribution in [0.2, 0.25) is 19.6 Å². The van der Waals surface area contributed by atoms with Crippen LogP contribution >= 0.6 is 0 Å². The molecule has 1 saturated carbocycles. The van der Waals surface area contributed by atoms with Crippen LogP contribution in [0.3, 0.4) is 0 Å². The van der Waals surface area contributed by atoms with Gasteiger partial charge in [-0.15, -0.1) is 0 Å². The van der Waals surface area contributed by atoms with Gasteiger partial charge in [0.2, 0.25) is 0 Å². The third-order valence-corrected chi connectivity index (χ3v) is 8.30. The van der Waals surface area contributed by atoms with Crippen molar-refractivity contribution in [2.24, 2.45) is 17.3 Å². The van der Waals surface area contributed by atoms with E-state index >= 15 is 0 Å². The Bertz CT molecular complexity index is 685. The third-order valence-electron chi connectivity index (χ3n) is 6.25. The van der Waals surface area contributed by atoms with Gasteiger partial charge < -0.3 is 4.74 Å². The average molecular weight is 361 g/mol. The summed E-state index contributed by atoms with van der Waals surface area (Å²) in [5.74, 6) is 0.984. The number of Topliss-reactive ketones (excluding diaryl/α,β-unsaturated/α-hetero) is 1. The number of carbonyl (C=O) groups excluding carboxylic acids is 2. The molecule has 0 heterocycles. The lowest BCUT2D eigenvalue weighted by Crippen LogP contribution is -2.34. The normalized spacial score (nSPS) is 29.9. The first-order valence-corrected chi connectivity index (χ1v) is 13.1. The lowest BCUT2D eigenvalue weighted by atomic mass is 9.67. The van der Waals surface area contributed by atoms with E-state index in [0.29, 0.717) is 11.3 Å². The number of ether oxygens (including phenoxy) is 1. The number of allylic oxidation sites excluding steroid dienone is 1. The monoisotopic (exact) mass is 360 g/mol. The van der Waals surface area contributed by atoms with Crippen LogP contribution in [0, 0.1) is 17.3 Å². The van der Waals surface area contributed by atoms with Gasteiger partial charge in [-0.2, -0.15) is 0 Å². The molecule has 0 aromatic heterocycles. The maximum atomic E-state index is 13.1. The van der Waals surface area contributed by atoms with Crippen LogP contribution in [-0.2, 0) is 14.3 Å². The molecule has 3 atom stereocenters. The van der Waals surface area contributed by atoms with E-state index in [1.165, 1.54) is 30.9 Å². The molecule has 3 rings (SSSR count). The standard InChI is InChI=1S/C21H32O3Si/c1-12(22)24-19-17-15-9-8-14(21(2,3)4)10-13(15)11-16(17)20(18(19)23)25(5,6)7/h13-14,19H,8-11H2,1-7H3/t13-,14+,19?/m1/s1. The van der Waals surface area contributed by atoms with Crippen molar-refractivity contribution >= 4 is 19.8 Å². The zero-order valence-electron chi connectivity index (χ0n) is 16.8. The van der Waals surface area contributed by atoms with E-state index in [4.69, 9.17) is 4.74 Å². The van der Waals surface area contributed by atoms with Crippen molar-refractivity contribution in [2.45, 2.75) is 79.1 Å². The second-order valence-electron chi connectivity index (χ2n) is 10.1. The second-order valence-corrected chi connectivity index (χ2v) is 15.1. The topological polar surface area (TPSA) is 43.4 Å². The summed E-state index contributed by atoms with van der Waals surface area (Å²) in [7, 11) is -1.78. The molecule has 0 saturated heterocycles. The van der Waals surface area contributed by atoms with Crippen molar-refractivity contribution in [3.63, 3.8) is 0 Å². The van der Waals surface area contributed by atoms with Crippen LogP contribution in [0.15, 0.2) is 21.9 Å². The van der Waals surface area contributed by atoms with E-state index in [2.05, 4.69) is 40.4 Å². The quantitative estimate of drug-likeness (QED) is 0.523. The zero-order valence-corrected chi connectivity index (χ0v) is 17.8. The number of fused-ring (bicyclic) bond motifs is 2. The summed E-state index contributed by atoms with van der Waals surface area (Å²) in [6.07, 6.45) is 3.76. The summed E-state index contributed by atoms with van der Waals surface area (Å²) in [5, 5.41) is 1.03. The Labute approximate surface area is 152 Å². The van der Waals surface area contributed by atoms with Gasteiger partial charge in [0, 0.05) is 12.5 Å². The number of hydrogen-bond acceptors (Lipinski definition) is 3. The molecule has 0 aromatic rings. The van der Waals surface area contributed by atoms with Crippen molar-refractivity contribution in [1.82, 2.24) is 0 Å². The first-order valence-electron chi connectivity index (χ1n) is 9.59. The Morgan fingerprint density at radius 3 is 2.36 bits per heavy atom. The summed E-state index contributed by atoms with van der Waals surface area (Å²) in [5.41, 5.74) is 4.11. The molecule has 3 aliphatic rings. The fraction of sp³-hybridized carbons (Fsp3) is 0.714. The maximum Gasteiger partial charge on any atom is 0.303 e. The Morgan fingerprint density at radius 1 is 1.20 bits per heavy atom. The highest BCUT2D eigenvalue weighted by molar-refractivity contribution is 6.88. The maximum absolute atomic E-state index is 13.1. The molecular weight excluding hydrogens is 328 g/mol. The van der Waals surface area contributed by atoms with Crippen molar-refractivity contribution in [3.05, 3.63) is 21.9 Å². The van der Waals surface area contributed by atoms with Crippen LogP contribution in [0.25, 0.3) is 0 Å². The molecular formula is C21H32O3Si. The van der Waals surface area contributed by atoms with Gasteiger partial charge in [-0.3, -0.25) is 9.59 Å². The summed E-state index contributed by atoms with van der Waals surface area (Å²) < 4.78 is 5.54. The minimum absolute atomic E-state index is 0.0725. The zero-order chi connectivity index (χ0) is 18.7. The molecule has 25 heavy (non-hydrogen) atoms. The predicted octanol–water partition coefficient (Wildman–Crippen LogP) is 4.84. The second kappa shape index (κ2) is 5.93. The van der Waals surface area contributed by atoms with Crippen molar-refractivity contribution in [2.75, 3.05) is 0 Å². The average Bonchev–Trinajstić information content (AvgIpc) is 2.91. The number of rotatable bonds is 2. The van der Waals surface area contributed by atoms with Crippen LogP contribution in [0.4, 0.5) is 0 Å². The van der Waals surface area contributed by atoms with Crippen LogP contribution in [-0.4, -0.2) is 25.9 Å². The van der Waals surface area contributed by atoms with Gasteiger partial charge in [0.25, 0.3) is 0 Å². The van der Waals surface area contributed by atoms with Crippen molar-refractivity contribution in [3.8, 4) is 0 Å². The molecule has 0 spiro atoms. The van der Waals surface area contributed by atoms with E-state index < -0.39 is 14.2 Å². The molecule has 3 aliphatic carbocycles. The van der Waals surface area contributed by atoms with Gasteiger partial charge in [-0.1, -0.05) is 46.0 Å². The summed E-state index contributed by atoms with van der Waals surface area (Å²) in [6.45, 7) is 15.1. The van der Waals surface area contributed by atoms with E-state index in [1.54, 1.807) is 0 Å². The highest BCUT2D eigenvalue weighted by Crippen LogP contribution is 2.55. The Kier molecular flexibility index (Phi) is 4.42. The van der Waals surface area contributed by atoms with E-state index in [0.717, 1.165) is 29.5 Å². The molecule has 4 heteroatoms. The van der Waals surface area contributed by atoms with Gasteiger partial charge in [0.05, 0.1) is 8.07 Å². The molecule has 1 unspecified atom stereocenters. The highest BCUT2D eigenvalue weighted by atomic mass is 28.3. The van der Waals surface area contributed by atoms with E-state index in [9.17, 15) is 9.59 Å². The molecule has 0 radical (unpaired) electrons. The molecule has 3 nitrogen and oxygen atoms in total. The number of carbonyl (C=O) groups is 2. The third kappa shape index (κ3) is 3.18. The summed E-state index contributed by atoms with van der Waals surface area (Å²) in [4.78, 5) is 24.7. The van der Waals surface area contributed by atoms with Crippen LogP contribution < -0.4 is 0 Å². The minimum atomic E-state index is -1.78. The molecule has 0 aromatic carbocycles. The SMILES string of the molecule is CC(=O)OC1C(=O)C([Si](C)(C)C)=C2C[C@H]3C[C@@H](C(C)(C)C)CCC3=C21. The lowest BCUT2D eigenvalue weighted by Gasteiger charge is -2.38. The summed E-state index contributed by atoms with van der Waals surface area (Å²) >= 11 is 0. The van der Waals surface area contributed by atoms with Crippen LogP contribution in [0.1, 0.15) is 53.4 Å². The van der Waals surface area contributed by atoms with E-state index in [-0.39, 0.29) is 11.8 Å². The van der Waals surface area contributed by atoms with Crippen molar-refractivity contribution in [1.29, 1.82) is 0 Å². The predicted molar refractivity (Wildman–Crippen MR) is 103 cm³/mol. The van der Waals surface area contributed by atoms with Gasteiger partial charge in [-0.25, -0.2) is 0 Å². The fourth-order valence-corrected chi connectivity index (χ4v) is 7.12. The minimum Gasteiger partial charge on any atom is -0.449 e. The molecule has 0 amide bonds. The number of hydrogen-bond donors (Lipinski definition) is 0. The highest BCUT2D eigenvalue weighted by Gasteiger charge is 2.51. The lowest BCUT2D eigenvalue weighted by molar-refractivity contribution is -0.148. The first kappa shape index (κ1) is 18.6. The largest absolute Gasteiger partial charge is 0.449 e. The Balaban J connectivity index is 2.03. The van der Waals surface area contributed by atoms with Gasteiger partial charge in [0.15, 0.2) is 11.9 Å². The Morgan fingerprint density at radius 2 is 1.84 bits per heavy atom. The Hall–Kier alpha value is -1.16. The molecule has 138 valence electrons. The molecule has 1 fully saturated rings. The van der Waals surface area contributed by atoms with Gasteiger partial charge in [0.1, 0.15) is 0 Å². The van der Waals surface area contributed by atoms with Crippen LogP contribution in [0.5, 0.6) is 0 Å². The molecule has 0 bridgehead atoms. The molecule has 0 N–H and O–H groups in total. The van der Waals surface area contributed by atoms with Gasteiger partial charge in [-0.05, 0) is 53.7 Å². The number of esters is 1. The summed E-state index contributed by atoms with van der Waals surface area (Å²) in [6, 6.07) is 0. The van der Waals surface area contributed by atoms with Crippen molar-refractivity contribution < 1.29 is 14.3 Å². The molecule has 0 aliphatic heterocycles. The fourth-order valence-electron chi connectivity index (χ4n) is 5.11. The first-order chi connectivity index (χ1) is 11.4. The van der Waals surface area contributed by atoms with Gasteiger partial charge >= 0.3 is 5.97 Å².